The largest absolute Gasteiger partial charge is 0.481 e. The monoisotopic (exact) mass is 249 g/mol. The molecule has 4 nitrogen and oxygen atoms in total. The first-order valence-electron chi connectivity index (χ1n) is 5.77. The number of unbranched alkanes of at least 4 members (excludes halogenated alkanes) is 2. The van der Waals surface area contributed by atoms with E-state index in [4.69, 9.17) is 5.11 Å². The predicted octanol–water partition coefficient (Wildman–Crippen LogP) is 1.38. The number of carboxylic acid groups (broad SMARTS) is 1. The lowest BCUT2D eigenvalue weighted by Gasteiger charge is -2.12. The van der Waals surface area contributed by atoms with E-state index in [1.54, 1.807) is 6.26 Å². The van der Waals surface area contributed by atoms with E-state index in [2.05, 4.69) is 12.2 Å². The molecule has 16 heavy (non-hydrogen) atoms. The normalized spacial score (nSPS) is 14.6. The molecule has 2 N–H and O–H groups in total. The summed E-state index contributed by atoms with van der Waals surface area (Å²) in [5.41, 5.74) is 0. The van der Waals surface area contributed by atoms with Gasteiger partial charge in [0.1, 0.15) is 0 Å². The van der Waals surface area contributed by atoms with Crippen LogP contribution in [0.1, 0.15) is 39.0 Å². The molecule has 0 fully saturated rings. The van der Waals surface area contributed by atoms with Gasteiger partial charge in [0.25, 0.3) is 0 Å². The van der Waals surface area contributed by atoms with Gasteiger partial charge in [-0.15, -0.1) is 0 Å². The third-order valence-electron chi connectivity index (χ3n) is 2.40. The zero-order valence-electron chi connectivity index (χ0n) is 10.2. The maximum atomic E-state index is 10.9. The molecule has 96 valence electrons. The molecule has 0 aromatic rings. The number of carboxylic acids is 1. The highest BCUT2D eigenvalue weighted by atomic mass is 32.2. The second kappa shape index (κ2) is 9.78. The fraction of sp³-hybridized carbons (Fsp3) is 0.909. The number of nitrogens with one attached hydrogen (secondary N) is 1. The van der Waals surface area contributed by atoms with Gasteiger partial charge >= 0.3 is 5.97 Å². The van der Waals surface area contributed by atoms with E-state index in [1.165, 1.54) is 0 Å². The standard InChI is InChI=1S/C11H23NO3S/c1-10(7-9-16(2)15)12-8-5-3-4-6-11(13)14/h10,12H,3-9H2,1-2H3,(H,13,14). The van der Waals surface area contributed by atoms with Crippen molar-refractivity contribution in [2.24, 2.45) is 0 Å². The summed E-state index contributed by atoms with van der Waals surface area (Å²) in [6.45, 7) is 3.00. The highest BCUT2D eigenvalue weighted by Crippen LogP contribution is 1.99. The summed E-state index contributed by atoms with van der Waals surface area (Å²) in [5, 5.41) is 11.8. The van der Waals surface area contributed by atoms with Crippen molar-refractivity contribution in [1.82, 2.24) is 5.32 Å². The highest BCUT2D eigenvalue weighted by Gasteiger charge is 2.02. The molecule has 0 spiro atoms. The van der Waals surface area contributed by atoms with Crippen molar-refractivity contribution in [1.29, 1.82) is 0 Å². The smallest absolute Gasteiger partial charge is 0.303 e. The lowest BCUT2D eigenvalue weighted by molar-refractivity contribution is -0.137. The number of carbonyl (C=O) groups is 1. The van der Waals surface area contributed by atoms with Gasteiger partial charge in [0, 0.05) is 35.3 Å². The van der Waals surface area contributed by atoms with Gasteiger partial charge < -0.3 is 10.4 Å². The summed E-state index contributed by atoms with van der Waals surface area (Å²) >= 11 is 0. The Morgan fingerprint density at radius 1 is 1.38 bits per heavy atom. The van der Waals surface area contributed by atoms with Crippen LogP contribution in [-0.2, 0) is 15.6 Å². The highest BCUT2D eigenvalue weighted by molar-refractivity contribution is 7.84. The molecule has 0 aromatic carbocycles. The number of aliphatic carboxylic acids is 1. The molecule has 0 aromatic heterocycles. The Hall–Kier alpha value is -0.420. The summed E-state index contributed by atoms with van der Waals surface area (Å²) in [5.74, 6) is 0.0273. The van der Waals surface area contributed by atoms with Crippen LogP contribution in [-0.4, -0.2) is 39.9 Å². The molecule has 0 saturated carbocycles. The zero-order valence-corrected chi connectivity index (χ0v) is 11.0. The Bertz CT molecular complexity index is 221. The first kappa shape index (κ1) is 15.6. The quantitative estimate of drug-likeness (QED) is 0.574. The second-order valence-corrected chi connectivity index (χ2v) is 5.68. The molecule has 2 unspecified atom stereocenters. The molecule has 0 amide bonds. The van der Waals surface area contributed by atoms with E-state index in [1.807, 2.05) is 0 Å². The van der Waals surface area contributed by atoms with Gasteiger partial charge in [-0.3, -0.25) is 9.00 Å². The molecule has 2 atom stereocenters. The molecule has 0 saturated heterocycles. The predicted molar refractivity (Wildman–Crippen MR) is 67.1 cm³/mol. The average molecular weight is 249 g/mol. The van der Waals surface area contributed by atoms with Gasteiger partial charge in [-0.2, -0.15) is 0 Å². The first-order valence-corrected chi connectivity index (χ1v) is 7.50. The van der Waals surface area contributed by atoms with Crippen LogP contribution < -0.4 is 5.32 Å². The van der Waals surface area contributed by atoms with Crippen LogP contribution in [0, 0.1) is 0 Å². The number of rotatable bonds is 10. The molecule has 0 rings (SSSR count). The van der Waals surface area contributed by atoms with Gasteiger partial charge in [0.15, 0.2) is 0 Å². The Kier molecular flexibility index (Phi) is 9.52. The molecule has 0 heterocycles. The fourth-order valence-corrected chi connectivity index (χ4v) is 2.06. The summed E-state index contributed by atoms with van der Waals surface area (Å²) in [6, 6.07) is 0.392. The Morgan fingerprint density at radius 3 is 2.62 bits per heavy atom. The van der Waals surface area contributed by atoms with E-state index in [0.29, 0.717) is 6.04 Å². The van der Waals surface area contributed by atoms with Gasteiger partial charge in [0.05, 0.1) is 0 Å². The number of hydrogen-bond donors (Lipinski definition) is 2. The van der Waals surface area contributed by atoms with E-state index in [-0.39, 0.29) is 6.42 Å². The van der Waals surface area contributed by atoms with E-state index in [9.17, 15) is 9.00 Å². The third kappa shape index (κ3) is 11.7. The van der Waals surface area contributed by atoms with Gasteiger partial charge in [-0.25, -0.2) is 0 Å². The van der Waals surface area contributed by atoms with Crippen LogP contribution in [0.4, 0.5) is 0 Å². The van der Waals surface area contributed by atoms with Crippen LogP contribution in [0.5, 0.6) is 0 Å². The van der Waals surface area contributed by atoms with Crippen molar-refractivity contribution in [2.75, 3.05) is 18.6 Å². The average Bonchev–Trinajstić information content (AvgIpc) is 2.19. The van der Waals surface area contributed by atoms with Crippen molar-refractivity contribution in [3.63, 3.8) is 0 Å². The van der Waals surface area contributed by atoms with Crippen molar-refractivity contribution in [2.45, 2.75) is 45.1 Å². The van der Waals surface area contributed by atoms with Gasteiger partial charge in [-0.1, -0.05) is 6.42 Å². The lowest BCUT2D eigenvalue weighted by atomic mass is 10.2. The van der Waals surface area contributed by atoms with Crippen LogP contribution in [0.2, 0.25) is 0 Å². The SMILES string of the molecule is CC(CCS(C)=O)NCCCCCC(=O)O. The molecule has 5 heteroatoms. The van der Waals surface area contributed by atoms with Crippen LogP contribution >= 0.6 is 0 Å². The molecule has 0 aliphatic heterocycles. The maximum absolute atomic E-state index is 10.9. The molecule has 0 radical (unpaired) electrons. The summed E-state index contributed by atoms with van der Waals surface area (Å²) in [4.78, 5) is 10.2. The Morgan fingerprint density at radius 2 is 2.06 bits per heavy atom. The number of hydrogen-bond acceptors (Lipinski definition) is 3. The second-order valence-electron chi connectivity index (χ2n) is 4.13. The molecular weight excluding hydrogens is 226 g/mol. The van der Waals surface area contributed by atoms with E-state index < -0.39 is 16.8 Å². The zero-order chi connectivity index (χ0) is 12.4. The Balaban J connectivity index is 3.24. The fourth-order valence-electron chi connectivity index (χ4n) is 1.37. The minimum atomic E-state index is -0.716. The van der Waals surface area contributed by atoms with Crippen molar-refractivity contribution in [3.05, 3.63) is 0 Å². The van der Waals surface area contributed by atoms with Crippen molar-refractivity contribution < 1.29 is 14.1 Å². The topological polar surface area (TPSA) is 66.4 Å². The van der Waals surface area contributed by atoms with Gasteiger partial charge in [0.2, 0.25) is 0 Å². The lowest BCUT2D eigenvalue weighted by Crippen LogP contribution is -2.28. The molecule has 0 aliphatic rings. The summed E-state index contributed by atoms with van der Waals surface area (Å²) in [7, 11) is -0.707. The van der Waals surface area contributed by atoms with Crippen molar-refractivity contribution in [3.8, 4) is 0 Å². The summed E-state index contributed by atoms with van der Waals surface area (Å²) in [6.07, 6.45) is 5.63. The van der Waals surface area contributed by atoms with Crippen LogP contribution in [0.25, 0.3) is 0 Å². The summed E-state index contributed by atoms with van der Waals surface area (Å²) < 4.78 is 10.9. The van der Waals surface area contributed by atoms with E-state index >= 15 is 0 Å². The van der Waals surface area contributed by atoms with Crippen molar-refractivity contribution >= 4 is 16.8 Å². The third-order valence-corrected chi connectivity index (χ3v) is 3.21. The maximum Gasteiger partial charge on any atom is 0.303 e. The van der Waals surface area contributed by atoms with E-state index in [0.717, 1.165) is 38.0 Å². The molecule has 0 aliphatic carbocycles. The molecule has 0 bridgehead atoms. The minimum Gasteiger partial charge on any atom is -0.481 e. The first-order chi connectivity index (χ1) is 7.52. The molecular formula is C11H23NO3S. The van der Waals surface area contributed by atoms with Gasteiger partial charge in [-0.05, 0) is 32.7 Å². The van der Waals surface area contributed by atoms with Crippen LogP contribution in [0.15, 0.2) is 0 Å². The minimum absolute atomic E-state index is 0.268. The Labute approximate surface area is 100 Å². The van der Waals surface area contributed by atoms with Crippen LogP contribution in [0.3, 0.4) is 0 Å².